The van der Waals surface area contributed by atoms with Gasteiger partial charge in [-0.3, -0.25) is 13.8 Å². The number of H-pyrrole nitrogens is 1. The van der Waals surface area contributed by atoms with Gasteiger partial charge in [-0.15, -0.1) is 0 Å². The number of nitrogens with one attached hydrogen (secondary N) is 2. The van der Waals surface area contributed by atoms with Crippen LogP contribution < -0.4 is 10.9 Å². The highest BCUT2D eigenvalue weighted by atomic mass is 32.2. The third-order valence-corrected chi connectivity index (χ3v) is 4.40. The Morgan fingerprint density at radius 3 is 2.57 bits per heavy atom. The summed E-state index contributed by atoms with van der Waals surface area (Å²) >= 11 is 0. The molecule has 0 fully saturated rings. The molecule has 2 N–H and O–H groups in total. The molecule has 122 valence electrons. The smallest absolute Gasteiger partial charge is 0.261 e. The van der Waals surface area contributed by atoms with Crippen LogP contribution in [-0.2, 0) is 10.8 Å². The van der Waals surface area contributed by atoms with Crippen LogP contribution >= 0.6 is 0 Å². The summed E-state index contributed by atoms with van der Waals surface area (Å²) in [6.07, 6.45) is 1.58. The number of aryl methyl sites for hydroxylation is 1. The highest BCUT2D eigenvalue weighted by Gasteiger charge is 2.16. The van der Waals surface area contributed by atoms with Crippen LogP contribution in [0.1, 0.15) is 23.0 Å². The minimum Gasteiger partial charge on any atom is -0.348 e. The Morgan fingerprint density at radius 1 is 1.30 bits per heavy atom. The second-order valence-corrected chi connectivity index (χ2v) is 7.01. The first kappa shape index (κ1) is 17.1. The van der Waals surface area contributed by atoms with Crippen LogP contribution in [0.2, 0.25) is 0 Å². The second-order valence-electron chi connectivity index (χ2n) is 5.53. The summed E-state index contributed by atoms with van der Waals surface area (Å²) in [5.41, 5.74) is 2.08. The number of benzene rings is 1. The van der Waals surface area contributed by atoms with Gasteiger partial charge in [-0.2, -0.15) is 0 Å². The first-order chi connectivity index (χ1) is 10.9. The van der Waals surface area contributed by atoms with Gasteiger partial charge in [-0.05, 0) is 25.5 Å². The fourth-order valence-electron chi connectivity index (χ4n) is 2.40. The predicted molar refractivity (Wildman–Crippen MR) is 93.1 cm³/mol. The quantitative estimate of drug-likeness (QED) is 0.877. The average molecular weight is 332 g/mol. The minimum absolute atomic E-state index is 0.0585. The van der Waals surface area contributed by atoms with Crippen LogP contribution in [0.15, 0.2) is 41.2 Å². The number of aromatic nitrogens is 1. The molecule has 2 aromatic rings. The van der Waals surface area contributed by atoms with Crippen LogP contribution in [0, 0.1) is 6.92 Å². The lowest BCUT2D eigenvalue weighted by molar-refractivity contribution is 0.0942. The average Bonchev–Trinajstić information content (AvgIpc) is 2.47. The molecule has 1 aromatic heterocycles. The Morgan fingerprint density at radius 2 is 1.96 bits per heavy atom. The summed E-state index contributed by atoms with van der Waals surface area (Å²) in [6, 6.07) is 10.9. The molecular formula is C17H20N2O3S. The topological polar surface area (TPSA) is 79.0 Å². The predicted octanol–water partition coefficient (Wildman–Crippen LogP) is 1.85. The van der Waals surface area contributed by atoms with Gasteiger partial charge < -0.3 is 10.3 Å². The Kier molecular flexibility index (Phi) is 5.50. The van der Waals surface area contributed by atoms with Crippen LogP contribution in [0.25, 0.3) is 11.1 Å². The van der Waals surface area contributed by atoms with Gasteiger partial charge in [-0.1, -0.05) is 30.3 Å². The monoisotopic (exact) mass is 332 g/mol. The van der Waals surface area contributed by atoms with Gasteiger partial charge in [0, 0.05) is 40.1 Å². The molecule has 0 saturated carbocycles. The van der Waals surface area contributed by atoms with Crippen molar-refractivity contribution >= 4 is 16.7 Å². The SMILES string of the molecule is Cc1[nH]c(=O)c(C(=O)NC(C)CS(C)=O)cc1-c1ccccc1. The number of carbonyl (C=O) groups excluding carboxylic acids is 1. The van der Waals surface area contributed by atoms with Crippen molar-refractivity contribution < 1.29 is 9.00 Å². The molecule has 1 heterocycles. The molecule has 0 aliphatic heterocycles. The number of carbonyl (C=O) groups is 1. The zero-order valence-electron chi connectivity index (χ0n) is 13.4. The lowest BCUT2D eigenvalue weighted by Crippen LogP contribution is -2.38. The third-order valence-electron chi connectivity index (χ3n) is 3.43. The third kappa shape index (κ3) is 4.39. The minimum atomic E-state index is -1.01. The number of rotatable bonds is 5. The molecule has 1 aromatic carbocycles. The molecule has 23 heavy (non-hydrogen) atoms. The molecule has 2 unspecified atom stereocenters. The van der Waals surface area contributed by atoms with E-state index in [9.17, 15) is 13.8 Å². The summed E-state index contributed by atoms with van der Waals surface area (Å²) in [6.45, 7) is 3.56. The molecule has 0 aliphatic carbocycles. The first-order valence-corrected chi connectivity index (χ1v) is 9.01. The van der Waals surface area contributed by atoms with Crippen molar-refractivity contribution in [2.75, 3.05) is 12.0 Å². The molecule has 0 saturated heterocycles. The van der Waals surface area contributed by atoms with Crippen molar-refractivity contribution in [3.05, 3.63) is 58.0 Å². The van der Waals surface area contributed by atoms with E-state index in [0.717, 1.165) is 11.1 Å². The Labute approximate surface area is 137 Å². The van der Waals surface area contributed by atoms with Gasteiger partial charge in [0.25, 0.3) is 11.5 Å². The normalized spacial score (nSPS) is 13.3. The van der Waals surface area contributed by atoms with E-state index in [1.54, 1.807) is 26.2 Å². The van der Waals surface area contributed by atoms with Gasteiger partial charge in [0.05, 0.1) is 0 Å². The van der Waals surface area contributed by atoms with Gasteiger partial charge in [0.15, 0.2) is 0 Å². The van der Waals surface area contributed by atoms with Crippen LogP contribution in [0.4, 0.5) is 0 Å². The van der Waals surface area contributed by atoms with E-state index in [2.05, 4.69) is 10.3 Å². The Balaban J connectivity index is 2.34. The van der Waals surface area contributed by atoms with E-state index in [0.29, 0.717) is 11.4 Å². The van der Waals surface area contributed by atoms with Crippen molar-refractivity contribution in [3.8, 4) is 11.1 Å². The van der Waals surface area contributed by atoms with Crippen molar-refractivity contribution in [3.63, 3.8) is 0 Å². The number of hydrogen-bond donors (Lipinski definition) is 2. The fourth-order valence-corrected chi connectivity index (χ4v) is 3.19. The van der Waals surface area contributed by atoms with E-state index >= 15 is 0 Å². The van der Waals surface area contributed by atoms with Gasteiger partial charge in [-0.25, -0.2) is 0 Å². The summed E-state index contributed by atoms with van der Waals surface area (Å²) in [4.78, 5) is 27.1. The van der Waals surface area contributed by atoms with Crippen molar-refractivity contribution in [1.29, 1.82) is 0 Å². The molecular weight excluding hydrogens is 312 g/mol. The Hall–Kier alpha value is -2.21. The fraction of sp³-hybridized carbons (Fsp3) is 0.294. The molecule has 5 nitrogen and oxygen atoms in total. The summed E-state index contributed by atoms with van der Waals surface area (Å²) < 4.78 is 11.2. The van der Waals surface area contributed by atoms with E-state index < -0.39 is 22.3 Å². The van der Waals surface area contributed by atoms with Gasteiger partial charge in [0.1, 0.15) is 5.56 Å². The van der Waals surface area contributed by atoms with E-state index in [4.69, 9.17) is 0 Å². The zero-order valence-corrected chi connectivity index (χ0v) is 14.2. The van der Waals surface area contributed by atoms with Crippen LogP contribution in [0.3, 0.4) is 0 Å². The first-order valence-electron chi connectivity index (χ1n) is 7.28. The molecule has 0 bridgehead atoms. The maximum absolute atomic E-state index is 12.3. The molecule has 6 heteroatoms. The zero-order chi connectivity index (χ0) is 17.0. The molecule has 2 atom stereocenters. The lowest BCUT2D eigenvalue weighted by Gasteiger charge is -2.13. The number of hydrogen-bond acceptors (Lipinski definition) is 3. The number of aromatic amines is 1. The molecule has 2 rings (SSSR count). The number of pyridine rings is 1. The maximum Gasteiger partial charge on any atom is 0.261 e. The lowest BCUT2D eigenvalue weighted by atomic mass is 10.0. The standard InChI is InChI=1S/C17H20N2O3S/c1-11(10-23(3)22)18-16(20)15-9-14(12(2)19-17(15)21)13-7-5-4-6-8-13/h4-9,11H,10H2,1-3H3,(H,18,20)(H,19,21). The molecule has 0 aliphatic rings. The van der Waals surface area contributed by atoms with Crippen molar-refractivity contribution in [2.24, 2.45) is 0 Å². The highest BCUT2D eigenvalue weighted by molar-refractivity contribution is 7.84. The van der Waals surface area contributed by atoms with Crippen molar-refractivity contribution in [2.45, 2.75) is 19.9 Å². The largest absolute Gasteiger partial charge is 0.348 e. The maximum atomic E-state index is 12.3. The highest BCUT2D eigenvalue weighted by Crippen LogP contribution is 2.21. The molecule has 0 radical (unpaired) electrons. The number of amides is 1. The van der Waals surface area contributed by atoms with Crippen molar-refractivity contribution in [1.82, 2.24) is 10.3 Å². The summed E-state index contributed by atoms with van der Waals surface area (Å²) in [5, 5.41) is 2.71. The summed E-state index contributed by atoms with van der Waals surface area (Å²) in [7, 11) is -1.01. The Bertz CT molecular complexity index is 784. The van der Waals surface area contributed by atoms with Crippen LogP contribution in [0.5, 0.6) is 0 Å². The van der Waals surface area contributed by atoms with Gasteiger partial charge in [0.2, 0.25) is 0 Å². The molecule has 0 spiro atoms. The summed E-state index contributed by atoms with van der Waals surface area (Å²) in [5.74, 6) is -0.109. The van der Waals surface area contributed by atoms with E-state index in [1.807, 2.05) is 30.3 Å². The van der Waals surface area contributed by atoms with Crippen LogP contribution in [-0.4, -0.2) is 33.2 Å². The molecule has 1 amide bonds. The van der Waals surface area contributed by atoms with Gasteiger partial charge >= 0.3 is 0 Å². The second kappa shape index (κ2) is 7.37. The van der Waals surface area contributed by atoms with E-state index in [1.165, 1.54) is 0 Å². The van der Waals surface area contributed by atoms with E-state index in [-0.39, 0.29) is 11.6 Å².